The van der Waals surface area contributed by atoms with Gasteiger partial charge in [-0.25, -0.2) is 14.6 Å². The minimum Gasteiger partial charge on any atom is -0.273 e. The number of halogens is 1. The van der Waals surface area contributed by atoms with Gasteiger partial charge in [0.25, 0.3) is 0 Å². The van der Waals surface area contributed by atoms with Gasteiger partial charge in [0.05, 0.1) is 15.6 Å². The van der Waals surface area contributed by atoms with E-state index >= 15 is 0 Å². The third-order valence-electron chi connectivity index (χ3n) is 4.53. The molecular weight excluding hydrogens is 444 g/mol. The van der Waals surface area contributed by atoms with Gasteiger partial charge in [0.1, 0.15) is 6.42 Å². The molecule has 148 valence electrons. The number of thiophene rings is 1. The number of barbiturate groups is 1. The van der Waals surface area contributed by atoms with Crippen LogP contribution in [0.25, 0.3) is 20.0 Å². The second-order valence-corrected chi connectivity index (χ2v) is 8.77. The Morgan fingerprint density at radius 3 is 2.30 bits per heavy atom. The number of para-hydroxylation sites is 1. The smallest absolute Gasteiger partial charge is 0.273 e. The standard InChI is InChI=1S/C20H11ClN4O3S2/c21-16-12-8-4-5-9-13(12)29-17(16)18-22-23-19(30-18)25-15(27)10-14(26)24(20(25)28)11-6-2-1-3-7-11/h1-9H,10H2. The molecule has 0 aliphatic carbocycles. The minimum atomic E-state index is -0.771. The van der Waals surface area contributed by atoms with Crippen LogP contribution in [0.5, 0.6) is 0 Å². The molecule has 0 unspecified atom stereocenters. The normalized spacial score (nSPS) is 14.8. The van der Waals surface area contributed by atoms with Gasteiger partial charge >= 0.3 is 6.03 Å². The van der Waals surface area contributed by atoms with E-state index in [1.807, 2.05) is 24.3 Å². The van der Waals surface area contributed by atoms with E-state index in [9.17, 15) is 14.4 Å². The second-order valence-electron chi connectivity index (χ2n) is 6.38. The molecule has 10 heteroatoms. The van der Waals surface area contributed by atoms with Gasteiger partial charge in [0.2, 0.25) is 16.9 Å². The summed E-state index contributed by atoms with van der Waals surface area (Å²) < 4.78 is 1.00. The highest BCUT2D eigenvalue weighted by Gasteiger charge is 2.41. The molecular formula is C20H11ClN4O3S2. The fourth-order valence-electron chi connectivity index (χ4n) is 3.17. The number of carbonyl (C=O) groups excluding carboxylic acids is 3. The monoisotopic (exact) mass is 454 g/mol. The molecule has 5 rings (SSSR count). The number of nitrogens with zero attached hydrogens (tertiary/aromatic N) is 4. The van der Waals surface area contributed by atoms with Crippen LogP contribution in [0.4, 0.5) is 15.6 Å². The molecule has 0 atom stereocenters. The number of rotatable bonds is 3. The van der Waals surface area contributed by atoms with Crippen LogP contribution in [-0.2, 0) is 9.59 Å². The molecule has 2 aromatic heterocycles. The maximum absolute atomic E-state index is 13.0. The Morgan fingerprint density at radius 2 is 1.53 bits per heavy atom. The average Bonchev–Trinajstić information content (AvgIpc) is 3.34. The number of fused-ring (bicyclic) bond motifs is 1. The number of carbonyl (C=O) groups is 3. The van der Waals surface area contributed by atoms with Crippen molar-refractivity contribution < 1.29 is 14.4 Å². The lowest BCUT2D eigenvalue weighted by Gasteiger charge is -2.30. The second kappa shape index (κ2) is 7.28. The average molecular weight is 455 g/mol. The SMILES string of the molecule is O=C1CC(=O)N(c2nnc(-c3sc4ccccc4c3Cl)s2)C(=O)N1c1ccccc1. The predicted octanol–water partition coefficient (Wildman–Crippen LogP) is 4.96. The van der Waals surface area contributed by atoms with Crippen LogP contribution in [0, 0.1) is 0 Å². The largest absolute Gasteiger partial charge is 0.344 e. The van der Waals surface area contributed by atoms with E-state index in [4.69, 9.17) is 11.6 Å². The first-order valence-corrected chi connectivity index (χ1v) is 10.8. The third kappa shape index (κ3) is 2.98. The highest BCUT2D eigenvalue weighted by Crippen LogP contribution is 2.44. The Kier molecular flexibility index (Phi) is 4.58. The highest BCUT2D eigenvalue weighted by molar-refractivity contribution is 7.27. The first kappa shape index (κ1) is 18.9. The number of amides is 4. The van der Waals surface area contributed by atoms with E-state index < -0.39 is 24.3 Å². The Hall–Kier alpha value is -3.14. The van der Waals surface area contributed by atoms with Crippen LogP contribution < -0.4 is 9.80 Å². The Morgan fingerprint density at radius 1 is 0.833 bits per heavy atom. The zero-order valence-electron chi connectivity index (χ0n) is 15.1. The van der Waals surface area contributed by atoms with E-state index in [0.29, 0.717) is 15.7 Å². The van der Waals surface area contributed by atoms with Gasteiger partial charge < -0.3 is 0 Å². The Labute approximate surface area is 183 Å². The molecule has 0 radical (unpaired) electrons. The molecule has 4 aromatic rings. The molecule has 0 spiro atoms. The van der Waals surface area contributed by atoms with Gasteiger partial charge in [0, 0.05) is 10.1 Å². The number of hydrogen-bond acceptors (Lipinski definition) is 7. The maximum atomic E-state index is 13.0. The minimum absolute atomic E-state index is 0.0990. The lowest BCUT2D eigenvalue weighted by atomic mass is 10.2. The number of benzene rings is 2. The van der Waals surface area contributed by atoms with Gasteiger partial charge in [-0.15, -0.1) is 21.5 Å². The molecule has 0 bridgehead atoms. The summed E-state index contributed by atoms with van der Waals surface area (Å²) in [5, 5.41) is 10.2. The molecule has 1 fully saturated rings. The molecule has 1 aliphatic rings. The fourth-order valence-corrected chi connectivity index (χ4v) is 5.68. The van der Waals surface area contributed by atoms with Crippen molar-refractivity contribution in [1.29, 1.82) is 0 Å². The zero-order valence-corrected chi connectivity index (χ0v) is 17.5. The molecule has 30 heavy (non-hydrogen) atoms. The summed E-state index contributed by atoms with van der Waals surface area (Å²) in [5.41, 5.74) is 0.391. The third-order valence-corrected chi connectivity index (χ3v) is 7.27. The summed E-state index contributed by atoms with van der Waals surface area (Å²) in [6.45, 7) is 0. The van der Waals surface area contributed by atoms with Crippen molar-refractivity contribution in [2.24, 2.45) is 0 Å². The van der Waals surface area contributed by atoms with Gasteiger partial charge in [-0.2, -0.15) is 0 Å². The van der Waals surface area contributed by atoms with E-state index in [0.717, 1.165) is 36.1 Å². The molecule has 3 heterocycles. The van der Waals surface area contributed by atoms with Crippen LogP contribution >= 0.6 is 34.3 Å². The van der Waals surface area contributed by atoms with Crippen LogP contribution in [0.2, 0.25) is 5.02 Å². The number of hydrogen-bond donors (Lipinski definition) is 0. The Bertz CT molecular complexity index is 1320. The lowest BCUT2D eigenvalue weighted by molar-refractivity contribution is -0.126. The van der Waals surface area contributed by atoms with Crippen molar-refractivity contribution in [2.75, 3.05) is 9.80 Å². The van der Waals surface area contributed by atoms with Crippen molar-refractivity contribution in [3.05, 3.63) is 59.6 Å². The lowest BCUT2D eigenvalue weighted by Crippen LogP contribution is -2.55. The van der Waals surface area contributed by atoms with Crippen LogP contribution in [0.3, 0.4) is 0 Å². The maximum Gasteiger partial charge on any atom is 0.344 e. The van der Waals surface area contributed by atoms with E-state index in [1.165, 1.54) is 11.3 Å². The number of imide groups is 2. The first-order chi connectivity index (χ1) is 14.5. The summed E-state index contributed by atoms with van der Waals surface area (Å²) in [7, 11) is 0. The predicted molar refractivity (Wildman–Crippen MR) is 117 cm³/mol. The molecule has 2 aromatic carbocycles. The van der Waals surface area contributed by atoms with Crippen molar-refractivity contribution >= 4 is 73.0 Å². The summed E-state index contributed by atoms with van der Waals surface area (Å²) >= 11 is 9.05. The molecule has 0 saturated carbocycles. The summed E-state index contributed by atoms with van der Waals surface area (Å²) in [6, 6.07) is 15.4. The van der Waals surface area contributed by atoms with Crippen molar-refractivity contribution in [2.45, 2.75) is 6.42 Å². The van der Waals surface area contributed by atoms with Gasteiger partial charge in [-0.05, 0) is 18.2 Å². The molecule has 4 amide bonds. The molecule has 0 N–H and O–H groups in total. The quantitative estimate of drug-likeness (QED) is 0.408. The van der Waals surface area contributed by atoms with Gasteiger partial charge in [0.15, 0.2) is 5.01 Å². The first-order valence-electron chi connectivity index (χ1n) is 8.80. The van der Waals surface area contributed by atoms with Crippen LogP contribution in [0.1, 0.15) is 6.42 Å². The summed E-state index contributed by atoms with van der Waals surface area (Å²) in [6.07, 6.45) is -0.431. The van der Waals surface area contributed by atoms with Gasteiger partial charge in [-0.1, -0.05) is 59.3 Å². The molecule has 1 saturated heterocycles. The van der Waals surface area contributed by atoms with Crippen molar-refractivity contribution in [1.82, 2.24) is 10.2 Å². The number of aromatic nitrogens is 2. The van der Waals surface area contributed by atoms with Gasteiger partial charge in [-0.3, -0.25) is 9.59 Å². The van der Waals surface area contributed by atoms with Crippen molar-refractivity contribution in [3.63, 3.8) is 0 Å². The van der Waals surface area contributed by atoms with Crippen LogP contribution in [-0.4, -0.2) is 28.0 Å². The number of urea groups is 1. The van der Waals surface area contributed by atoms with Crippen molar-refractivity contribution in [3.8, 4) is 9.88 Å². The molecule has 1 aliphatic heterocycles. The van der Waals surface area contributed by atoms with Crippen LogP contribution in [0.15, 0.2) is 54.6 Å². The summed E-state index contributed by atoms with van der Waals surface area (Å²) in [5.74, 6) is -1.22. The zero-order chi connectivity index (χ0) is 20.8. The Balaban J connectivity index is 1.53. The molecule has 7 nitrogen and oxygen atoms in total. The number of anilines is 2. The topological polar surface area (TPSA) is 83.5 Å². The van der Waals surface area contributed by atoms with E-state index in [1.54, 1.807) is 30.3 Å². The van der Waals surface area contributed by atoms with E-state index in [-0.39, 0.29) is 5.13 Å². The highest BCUT2D eigenvalue weighted by atomic mass is 35.5. The summed E-state index contributed by atoms with van der Waals surface area (Å²) in [4.78, 5) is 40.5. The fraction of sp³-hybridized carbons (Fsp3) is 0.0500. The van der Waals surface area contributed by atoms with E-state index in [2.05, 4.69) is 10.2 Å².